The maximum atomic E-state index is 5.55. The molecule has 0 heterocycles. The van der Waals surface area contributed by atoms with Gasteiger partial charge < -0.3 is 19.9 Å². The predicted molar refractivity (Wildman–Crippen MR) is 66.6 cm³/mol. The third-order valence-corrected chi connectivity index (χ3v) is 2.84. The molecular formula is C11H16BrNO3. The van der Waals surface area contributed by atoms with Crippen molar-refractivity contribution in [3.63, 3.8) is 0 Å². The number of hydrogen-bond acceptors (Lipinski definition) is 4. The van der Waals surface area contributed by atoms with Crippen LogP contribution in [0.4, 0.5) is 0 Å². The average molecular weight is 290 g/mol. The van der Waals surface area contributed by atoms with Crippen molar-refractivity contribution in [3.05, 3.63) is 16.1 Å². The number of hydrogen-bond donors (Lipinski definition) is 1. The lowest BCUT2D eigenvalue weighted by atomic mass is 10.1. The first-order valence-corrected chi connectivity index (χ1v) is 5.66. The molecule has 0 bridgehead atoms. The minimum atomic E-state index is 0.554. The van der Waals surface area contributed by atoms with E-state index >= 15 is 0 Å². The molecule has 0 saturated heterocycles. The van der Waals surface area contributed by atoms with Crippen LogP contribution in [0.1, 0.15) is 5.56 Å². The molecule has 0 unspecified atom stereocenters. The van der Waals surface area contributed by atoms with Crippen molar-refractivity contribution in [2.24, 2.45) is 5.73 Å². The topological polar surface area (TPSA) is 53.7 Å². The van der Waals surface area contributed by atoms with Crippen LogP contribution in [0.15, 0.2) is 10.5 Å². The Bertz CT molecular complexity index is 369. The third kappa shape index (κ3) is 2.41. The molecule has 4 nitrogen and oxygen atoms in total. The molecule has 0 aliphatic rings. The zero-order valence-electron chi connectivity index (χ0n) is 9.67. The highest BCUT2D eigenvalue weighted by Crippen LogP contribution is 2.44. The molecule has 1 aromatic rings. The van der Waals surface area contributed by atoms with Crippen molar-refractivity contribution in [2.75, 3.05) is 27.9 Å². The summed E-state index contributed by atoms with van der Waals surface area (Å²) in [5.74, 6) is 1.89. The zero-order valence-corrected chi connectivity index (χ0v) is 11.3. The van der Waals surface area contributed by atoms with Crippen LogP contribution in [0, 0.1) is 0 Å². The number of benzene rings is 1. The number of methoxy groups -OCH3 is 3. The molecule has 0 aliphatic heterocycles. The van der Waals surface area contributed by atoms with Gasteiger partial charge in [0.05, 0.1) is 25.8 Å². The lowest BCUT2D eigenvalue weighted by Gasteiger charge is -2.16. The Balaban J connectivity index is 3.37. The Kier molecular flexibility index (Phi) is 4.89. The van der Waals surface area contributed by atoms with Crippen LogP contribution in [-0.2, 0) is 6.42 Å². The Morgan fingerprint density at radius 2 is 1.62 bits per heavy atom. The molecule has 0 atom stereocenters. The Hall–Kier alpha value is -0.940. The lowest BCUT2D eigenvalue weighted by molar-refractivity contribution is 0.321. The molecule has 0 radical (unpaired) electrons. The van der Waals surface area contributed by atoms with Gasteiger partial charge in [0.15, 0.2) is 11.5 Å². The molecule has 0 spiro atoms. The number of rotatable bonds is 5. The molecular weight excluding hydrogens is 274 g/mol. The highest BCUT2D eigenvalue weighted by molar-refractivity contribution is 9.10. The summed E-state index contributed by atoms with van der Waals surface area (Å²) in [6.45, 7) is 0.554. The van der Waals surface area contributed by atoms with Crippen LogP contribution in [0.2, 0.25) is 0 Å². The van der Waals surface area contributed by atoms with Crippen LogP contribution in [0.25, 0.3) is 0 Å². The van der Waals surface area contributed by atoms with Crippen LogP contribution in [0.3, 0.4) is 0 Å². The fraction of sp³-hybridized carbons (Fsp3) is 0.455. The first-order chi connectivity index (χ1) is 7.69. The molecule has 5 heteroatoms. The third-order valence-electron chi connectivity index (χ3n) is 2.25. The first-order valence-electron chi connectivity index (χ1n) is 4.87. The van der Waals surface area contributed by atoms with Gasteiger partial charge in [-0.05, 0) is 35.0 Å². The van der Waals surface area contributed by atoms with Crippen LogP contribution in [0.5, 0.6) is 17.2 Å². The molecule has 0 aromatic heterocycles. The first kappa shape index (κ1) is 13.1. The summed E-state index contributed by atoms with van der Waals surface area (Å²) in [5.41, 5.74) is 6.55. The second kappa shape index (κ2) is 5.96. The van der Waals surface area contributed by atoms with Gasteiger partial charge in [0, 0.05) is 5.56 Å². The van der Waals surface area contributed by atoms with Gasteiger partial charge in [-0.2, -0.15) is 0 Å². The fourth-order valence-corrected chi connectivity index (χ4v) is 2.20. The molecule has 1 rings (SSSR count). The smallest absolute Gasteiger partial charge is 0.204 e. The molecule has 16 heavy (non-hydrogen) atoms. The van der Waals surface area contributed by atoms with E-state index in [0.29, 0.717) is 23.8 Å². The summed E-state index contributed by atoms with van der Waals surface area (Å²) >= 11 is 3.43. The van der Waals surface area contributed by atoms with Crippen molar-refractivity contribution in [1.29, 1.82) is 0 Å². The van der Waals surface area contributed by atoms with Gasteiger partial charge in [-0.15, -0.1) is 0 Å². The van der Waals surface area contributed by atoms with Gasteiger partial charge in [0.2, 0.25) is 5.75 Å². The normalized spacial score (nSPS) is 10.1. The highest BCUT2D eigenvalue weighted by Gasteiger charge is 2.18. The standard InChI is InChI=1S/C11H16BrNO3/c1-14-9-7(4-5-13)6-8(12)10(15-2)11(9)16-3/h6H,4-5,13H2,1-3H3. The van der Waals surface area contributed by atoms with E-state index in [2.05, 4.69) is 15.9 Å². The van der Waals surface area contributed by atoms with E-state index in [4.69, 9.17) is 19.9 Å². The van der Waals surface area contributed by atoms with Crippen molar-refractivity contribution in [2.45, 2.75) is 6.42 Å². The van der Waals surface area contributed by atoms with Gasteiger partial charge in [-0.3, -0.25) is 0 Å². The summed E-state index contributed by atoms with van der Waals surface area (Å²) in [6.07, 6.45) is 0.724. The van der Waals surface area contributed by atoms with Gasteiger partial charge >= 0.3 is 0 Å². The molecule has 0 fully saturated rings. The highest BCUT2D eigenvalue weighted by atomic mass is 79.9. The lowest BCUT2D eigenvalue weighted by Crippen LogP contribution is -2.06. The van der Waals surface area contributed by atoms with Gasteiger partial charge in [-0.25, -0.2) is 0 Å². The largest absolute Gasteiger partial charge is 0.492 e. The summed E-state index contributed by atoms with van der Waals surface area (Å²) in [6, 6.07) is 1.94. The van der Waals surface area contributed by atoms with Gasteiger partial charge in [0.25, 0.3) is 0 Å². The monoisotopic (exact) mass is 289 g/mol. The van der Waals surface area contributed by atoms with E-state index in [-0.39, 0.29) is 0 Å². The number of ether oxygens (including phenoxy) is 3. The minimum absolute atomic E-state index is 0.554. The van der Waals surface area contributed by atoms with Crippen LogP contribution >= 0.6 is 15.9 Å². The maximum Gasteiger partial charge on any atom is 0.204 e. The second-order valence-corrected chi connectivity index (χ2v) is 4.01. The number of nitrogens with two attached hydrogens (primary N) is 1. The zero-order chi connectivity index (χ0) is 12.1. The van der Waals surface area contributed by atoms with E-state index in [1.165, 1.54) is 0 Å². The molecule has 0 aliphatic carbocycles. The van der Waals surface area contributed by atoms with Crippen LogP contribution < -0.4 is 19.9 Å². The Morgan fingerprint density at radius 3 is 2.06 bits per heavy atom. The van der Waals surface area contributed by atoms with Crippen molar-refractivity contribution in [3.8, 4) is 17.2 Å². The summed E-state index contributed by atoms with van der Waals surface area (Å²) in [5, 5.41) is 0. The maximum absolute atomic E-state index is 5.55. The molecule has 2 N–H and O–H groups in total. The van der Waals surface area contributed by atoms with Crippen molar-refractivity contribution in [1.82, 2.24) is 0 Å². The molecule has 90 valence electrons. The Labute approximate surface area is 104 Å². The molecule has 0 amide bonds. The minimum Gasteiger partial charge on any atom is -0.492 e. The quantitative estimate of drug-likeness (QED) is 0.901. The van der Waals surface area contributed by atoms with Gasteiger partial charge in [-0.1, -0.05) is 0 Å². The van der Waals surface area contributed by atoms with Crippen molar-refractivity contribution >= 4 is 15.9 Å². The van der Waals surface area contributed by atoms with Crippen LogP contribution in [-0.4, -0.2) is 27.9 Å². The van der Waals surface area contributed by atoms with E-state index in [9.17, 15) is 0 Å². The fourth-order valence-electron chi connectivity index (χ4n) is 1.58. The second-order valence-electron chi connectivity index (χ2n) is 3.16. The van der Waals surface area contributed by atoms with E-state index in [1.807, 2.05) is 6.07 Å². The molecule has 1 aromatic carbocycles. The van der Waals surface area contributed by atoms with E-state index < -0.39 is 0 Å². The SMILES string of the molecule is COc1c(Br)cc(CCN)c(OC)c1OC. The predicted octanol–water partition coefficient (Wildman–Crippen LogP) is 1.98. The van der Waals surface area contributed by atoms with E-state index in [1.54, 1.807) is 21.3 Å². The summed E-state index contributed by atoms with van der Waals surface area (Å²) in [7, 11) is 4.77. The summed E-state index contributed by atoms with van der Waals surface area (Å²) in [4.78, 5) is 0. The Morgan fingerprint density at radius 1 is 1.06 bits per heavy atom. The van der Waals surface area contributed by atoms with E-state index in [0.717, 1.165) is 16.5 Å². The number of halogens is 1. The molecule has 0 saturated carbocycles. The van der Waals surface area contributed by atoms with Crippen molar-refractivity contribution < 1.29 is 14.2 Å². The average Bonchev–Trinajstić information content (AvgIpc) is 2.28. The van der Waals surface area contributed by atoms with Gasteiger partial charge in [0.1, 0.15) is 0 Å². The summed E-state index contributed by atoms with van der Waals surface area (Å²) < 4.78 is 16.7.